The minimum atomic E-state index is -2.50. The van der Waals surface area contributed by atoms with Crippen molar-refractivity contribution in [2.24, 2.45) is 5.41 Å². The predicted molar refractivity (Wildman–Crippen MR) is 135 cm³/mol. The standard InChI is InChI=1S/C25H31BrN2O2S/c1-24(2,3)31(4,30)20-7-5-6-19(17-20)27-23(29)21-9-8-18(26)16-22(21)28-14-12-25(10-11-25)13-15-28/h5-9,16-17H,4,10-15H2,1-3H3,(H,27,29). The summed E-state index contributed by atoms with van der Waals surface area (Å²) in [4.78, 5) is 16.2. The zero-order chi connectivity index (χ0) is 22.4. The van der Waals surface area contributed by atoms with Gasteiger partial charge in [0.05, 0.1) is 11.3 Å². The Morgan fingerprint density at radius 1 is 1.10 bits per heavy atom. The van der Waals surface area contributed by atoms with Gasteiger partial charge in [-0.15, -0.1) is 0 Å². The van der Waals surface area contributed by atoms with Crippen LogP contribution in [0.5, 0.6) is 0 Å². The van der Waals surface area contributed by atoms with Crippen LogP contribution in [0.2, 0.25) is 0 Å². The van der Waals surface area contributed by atoms with E-state index < -0.39 is 14.3 Å². The van der Waals surface area contributed by atoms with Gasteiger partial charge in [-0.05, 0) is 94.1 Å². The van der Waals surface area contributed by atoms with Gasteiger partial charge in [0.2, 0.25) is 0 Å². The number of rotatable bonds is 4. The first-order chi connectivity index (χ1) is 14.5. The molecule has 0 bridgehead atoms. The lowest BCUT2D eigenvalue weighted by molar-refractivity contribution is 0.102. The monoisotopic (exact) mass is 502 g/mol. The van der Waals surface area contributed by atoms with Gasteiger partial charge in [0, 0.05) is 42.4 Å². The highest BCUT2D eigenvalue weighted by Crippen LogP contribution is 2.54. The fourth-order valence-electron chi connectivity index (χ4n) is 4.19. The van der Waals surface area contributed by atoms with Crippen LogP contribution in [0.15, 0.2) is 51.8 Å². The third-order valence-corrected chi connectivity index (χ3v) is 10.3. The summed E-state index contributed by atoms with van der Waals surface area (Å²) in [6.07, 6.45) is 5.11. The van der Waals surface area contributed by atoms with Crippen LogP contribution in [0.1, 0.15) is 56.8 Å². The summed E-state index contributed by atoms with van der Waals surface area (Å²) in [5.74, 6) is 3.84. The van der Waals surface area contributed by atoms with E-state index in [2.05, 4.69) is 32.0 Å². The fraction of sp³-hybridized carbons (Fsp3) is 0.440. The average molecular weight is 504 g/mol. The maximum Gasteiger partial charge on any atom is 0.257 e. The molecular formula is C25H31BrN2O2S. The van der Waals surface area contributed by atoms with E-state index in [0.717, 1.165) is 23.2 Å². The topological polar surface area (TPSA) is 49.4 Å². The molecule has 1 N–H and O–H groups in total. The molecule has 4 nitrogen and oxygen atoms in total. The van der Waals surface area contributed by atoms with Gasteiger partial charge in [0.15, 0.2) is 0 Å². The Bertz CT molecular complexity index is 1100. The maximum absolute atomic E-state index is 13.2. The molecular weight excluding hydrogens is 472 g/mol. The smallest absolute Gasteiger partial charge is 0.257 e. The van der Waals surface area contributed by atoms with Gasteiger partial charge in [-0.25, -0.2) is 0 Å². The van der Waals surface area contributed by atoms with Crippen LogP contribution < -0.4 is 10.2 Å². The van der Waals surface area contributed by atoms with Crippen LogP contribution in [-0.2, 0) is 9.52 Å². The van der Waals surface area contributed by atoms with Crippen LogP contribution in [0.4, 0.5) is 11.4 Å². The summed E-state index contributed by atoms with van der Waals surface area (Å²) in [5.41, 5.74) is 2.84. The number of carbonyl (C=O) groups excluding carboxylic acids is 1. The molecule has 4 rings (SSSR count). The Labute approximate surface area is 194 Å². The van der Waals surface area contributed by atoms with Crippen molar-refractivity contribution in [3.8, 4) is 0 Å². The molecule has 166 valence electrons. The largest absolute Gasteiger partial charge is 0.371 e. The number of benzene rings is 2. The van der Waals surface area contributed by atoms with Gasteiger partial charge in [-0.1, -0.05) is 22.0 Å². The average Bonchev–Trinajstić information content (AvgIpc) is 3.46. The van der Waals surface area contributed by atoms with Gasteiger partial charge in [0.1, 0.15) is 0 Å². The lowest BCUT2D eigenvalue weighted by Crippen LogP contribution is -2.35. The first-order valence-corrected chi connectivity index (χ1v) is 13.4. The maximum atomic E-state index is 13.2. The minimum absolute atomic E-state index is 0.155. The highest BCUT2D eigenvalue weighted by molar-refractivity contribution is 9.10. The number of amides is 1. The molecule has 1 spiro atoms. The third-order valence-electron chi connectivity index (χ3n) is 6.79. The van der Waals surface area contributed by atoms with Gasteiger partial charge < -0.3 is 10.2 Å². The molecule has 1 unspecified atom stereocenters. The van der Waals surface area contributed by atoms with Gasteiger partial charge >= 0.3 is 0 Å². The van der Waals surface area contributed by atoms with Crippen molar-refractivity contribution in [2.75, 3.05) is 23.3 Å². The van der Waals surface area contributed by atoms with E-state index in [9.17, 15) is 9.00 Å². The zero-order valence-electron chi connectivity index (χ0n) is 18.5. The quantitative estimate of drug-likeness (QED) is 0.525. The van der Waals surface area contributed by atoms with E-state index in [-0.39, 0.29) is 5.91 Å². The van der Waals surface area contributed by atoms with E-state index in [1.54, 1.807) is 6.07 Å². The van der Waals surface area contributed by atoms with Crippen molar-refractivity contribution in [3.05, 3.63) is 52.5 Å². The minimum Gasteiger partial charge on any atom is -0.371 e. The number of piperidine rings is 1. The second kappa shape index (κ2) is 7.96. The fourth-order valence-corrected chi connectivity index (χ4v) is 5.86. The highest BCUT2D eigenvalue weighted by atomic mass is 79.9. The normalized spacial score (nSPS) is 19.7. The van der Waals surface area contributed by atoms with Crippen LogP contribution >= 0.6 is 15.9 Å². The van der Waals surface area contributed by atoms with Crippen molar-refractivity contribution in [1.29, 1.82) is 0 Å². The number of nitrogens with one attached hydrogen (secondary N) is 1. The molecule has 2 aromatic rings. The lowest BCUT2D eigenvalue weighted by atomic mass is 9.93. The Hall–Kier alpha value is -1.79. The summed E-state index contributed by atoms with van der Waals surface area (Å²) in [6.45, 7) is 7.74. The van der Waals surface area contributed by atoms with Crippen molar-refractivity contribution in [3.63, 3.8) is 0 Å². The van der Waals surface area contributed by atoms with Gasteiger partial charge in [-0.2, -0.15) is 0 Å². The van der Waals surface area contributed by atoms with Gasteiger partial charge in [0.25, 0.3) is 5.91 Å². The van der Waals surface area contributed by atoms with E-state index in [1.807, 2.05) is 57.2 Å². The summed E-state index contributed by atoms with van der Waals surface area (Å²) in [5, 5.41) is 3.02. The number of hydrogen-bond acceptors (Lipinski definition) is 3. The first-order valence-electron chi connectivity index (χ1n) is 10.8. The number of carbonyl (C=O) groups is 1. The number of nitrogens with zero attached hydrogens (tertiary/aromatic N) is 1. The van der Waals surface area contributed by atoms with Crippen LogP contribution in [0.25, 0.3) is 0 Å². The Kier molecular flexibility index (Phi) is 5.76. The molecule has 6 heteroatoms. The van der Waals surface area contributed by atoms with E-state index >= 15 is 0 Å². The summed E-state index contributed by atoms with van der Waals surface area (Å²) in [7, 11) is -2.50. The molecule has 1 atom stereocenters. The van der Waals surface area contributed by atoms with E-state index in [4.69, 9.17) is 0 Å². The van der Waals surface area contributed by atoms with E-state index in [0.29, 0.717) is 21.6 Å². The van der Waals surface area contributed by atoms with Crippen molar-refractivity contribution >= 4 is 48.6 Å². The second-order valence-electron chi connectivity index (χ2n) is 9.92. The van der Waals surface area contributed by atoms with Crippen LogP contribution in [-0.4, -0.2) is 33.8 Å². The number of halogens is 1. The van der Waals surface area contributed by atoms with Crippen LogP contribution in [0.3, 0.4) is 0 Å². The van der Waals surface area contributed by atoms with Crippen LogP contribution in [0, 0.1) is 5.41 Å². The molecule has 0 aromatic heterocycles. The Balaban J connectivity index is 1.58. The summed E-state index contributed by atoms with van der Waals surface area (Å²) in [6, 6.07) is 13.1. The summed E-state index contributed by atoms with van der Waals surface area (Å²) < 4.78 is 13.7. The second-order valence-corrected chi connectivity index (χ2v) is 13.9. The van der Waals surface area contributed by atoms with Crippen molar-refractivity contribution < 1.29 is 9.00 Å². The Morgan fingerprint density at radius 2 is 1.77 bits per heavy atom. The molecule has 1 saturated heterocycles. The third kappa shape index (κ3) is 4.56. The van der Waals surface area contributed by atoms with Crippen molar-refractivity contribution in [2.45, 2.75) is 56.1 Å². The molecule has 31 heavy (non-hydrogen) atoms. The molecule has 1 saturated carbocycles. The molecule has 1 aliphatic carbocycles. The molecule has 1 heterocycles. The van der Waals surface area contributed by atoms with Crippen molar-refractivity contribution in [1.82, 2.24) is 0 Å². The molecule has 2 fully saturated rings. The summed E-state index contributed by atoms with van der Waals surface area (Å²) >= 11 is 3.57. The molecule has 2 aromatic carbocycles. The Morgan fingerprint density at radius 3 is 2.39 bits per heavy atom. The molecule has 0 radical (unpaired) electrons. The first kappa shape index (κ1) is 22.4. The molecule has 1 amide bonds. The number of anilines is 2. The highest BCUT2D eigenvalue weighted by Gasteiger charge is 2.44. The zero-order valence-corrected chi connectivity index (χ0v) is 20.9. The lowest BCUT2D eigenvalue weighted by Gasteiger charge is -2.35. The molecule has 1 aliphatic heterocycles. The SMILES string of the molecule is C=S(=O)(c1cccc(NC(=O)c2ccc(Br)cc2N2CCC3(CC2)CC3)c1)C(C)(C)C. The van der Waals surface area contributed by atoms with Gasteiger partial charge in [-0.3, -0.25) is 9.00 Å². The van der Waals surface area contributed by atoms with E-state index in [1.165, 1.54) is 25.7 Å². The number of hydrogen-bond donors (Lipinski definition) is 1. The molecule has 2 aliphatic rings. The predicted octanol–water partition coefficient (Wildman–Crippen LogP) is 5.96.